The highest BCUT2D eigenvalue weighted by molar-refractivity contribution is 6.43. The third-order valence-electron chi connectivity index (χ3n) is 2.80. The Hall–Kier alpha value is -2.64. The SMILES string of the molecule is O=C(COc1ccccc1[N+](=O)[O-])N/N=C/c1cccc(Cl)c1Cl. The topological polar surface area (TPSA) is 93.8 Å². The molecule has 2 aromatic rings. The summed E-state index contributed by atoms with van der Waals surface area (Å²) in [5.41, 5.74) is 2.54. The summed E-state index contributed by atoms with van der Waals surface area (Å²) in [7, 11) is 0. The third kappa shape index (κ3) is 4.68. The van der Waals surface area contributed by atoms with Crippen molar-refractivity contribution >= 4 is 41.0 Å². The minimum atomic E-state index is -0.591. The molecule has 124 valence electrons. The van der Waals surface area contributed by atoms with E-state index in [4.69, 9.17) is 27.9 Å². The fourth-order valence-corrected chi connectivity index (χ4v) is 2.06. The van der Waals surface area contributed by atoms with Crippen molar-refractivity contribution in [1.82, 2.24) is 5.43 Å². The summed E-state index contributed by atoms with van der Waals surface area (Å²) in [6, 6.07) is 10.7. The summed E-state index contributed by atoms with van der Waals surface area (Å²) in [6.45, 7) is -0.425. The molecular weight excluding hydrogens is 357 g/mol. The Morgan fingerprint density at radius 3 is 2.75 bits per heavy atom. The van der Waals surface area contributed by atoms with Crippen LogP contribution in [0, 0.1) is 10.1 Å². The van der Waals surface area contributed by atoms with Crippen LogP contribution in [0.4, 0.5) is 5.69 Å². The second kappa shape index (κ2) is 8.28. The fraction of sp³-hybridized carbons (Fsp3) is 0.0667. The van der Waals surface area contributed by atoms with Crippen LogP contribution in [0.3, 0.4) is 0 Å². The van der Waals surface area contributed by atoms with Crippen molar-refractivity contribution in [2.24, 2.45) is 5.10 Å². The first-order valence-corrected chi connectivity index (χ1v) is 7.36. The number of rotatable bonds is 6. The van der Waals surface area contributed by atoms with E-state index >= 15 is 0 Å². The smallest absolute Gasteiger partial charge is 0.310 e. The molecule has 0 saturated carbocycles. The third-order valence-corrected chi connectivity index (χ3v) is 3.63. The lowest BCUT2D eigenvalue weighted by atomic mass is 10.2. The standard InChI is InChI=1S/C15H11Cl2N3O4/c16-11-5-3-4-10(15(11)17)8-18-19-14(21)9-24-13-7-2-1-6-12(13)20(22)23/h1-8H,9H2,(H,19,21)/b18-8+. The number of carbonyl (C=O) groups is 1. The number of nitro groups is 1. The van der Waals surface area contributed by atoms with Crippen LogP contribution in [0.15, 0.2) is 47.6 Å². The van der Waals surface area contributed by atoms with Crippen molar-refractivity contribution in [3.8, 4) is 5.75 Å². The van der Waals surface area contributed by atoms with Crippen molar-refractivity contribution in [2.75, 3.05) is 6.61 Å². The maximum atomic E-state index is 11.7. The number of hydrogen-bond acceptors (Lipinski definition) is 5. The number of para-hydroxylation sites is 2. The number of hydrogen-bond donors (Lipinski definition) is 1. The Balaban J connectivity index is 1.91. The number of hydrazone groups is 1. The fourth-order valence-electron chi connectivity index (χ4n) is 1.70. The Morgan fingerprint density at radius 2 is 2.00 bits per heavy atom. The van der Waals surface area contributed by atoms with Gasteiger partial charge in [-0.15, -0.1) is 0 Å². The van der Waals surface area contributed by atoms with Gasteiger partial charge in [-0.1, -0.05) is 47.5 Å². The van der Waals surface area contributed by atoms with E-state index in [1.807, 2.05) is 0 Å². The molecule has 0 aromatic heterocycles. The van der Waals surface area contributed by atoms with Crippen molar-refractivity contribution in [1.29, 1.82) is 0 Å². The predicted octanol–water partition coefficient (Wildman–Crippen LogP) is 3.43. The molecule has 0 spiro atoms. The summed E-state index contributed by atoms with van der Waals surface area (Å²) in [6.07, 6.45) is 1.33. The first-order chi connectivity index (χ1) is 11.5. The van der Waals surface area contributed by atoms with Crippen molar-refractivity contribution < 1.29 is 14.5 Å². The summed E-state index contributed by atoms with van der Waals surface area (Å²) < 4.78 is 5.13. The van der Waals surface area contributed by atoms with Gasteiger partial charge in [0, 0.05) is 11.6 Å². The van der Waals surface area contributed by atoms with Gasteiger partial charge in [-0.2, -0.15) is 5.10 Å². The molecule has 0 bridgehead atoms. The molecule has 0 saturated heterocycles. The molecule has 7 nitrogen and oxygen atoms in total. The van der Waals surface area contributed by atoms with Crippen molar-refractivity contribution in [3.63, 3.8) is 0 Å². The molecule has 0 unspecified atom stereocenters. The number of nitrogens with one attached hydrogen (secondary N) is 1. The maximum Gasteiger partial charge on any atom is 0.310 e. The van der Waals surface area contributed by atoms with Crippen LogP contribution >= 0.6 is 23.2 Å². The lowest BCUT2D eigenvalue weighted by Gasteiger charge is -2.05. The van der Waals surface area contributed by atoms with Gasteiger partial charge in [0.05, 0.1) is 21.2 Å². The van der Waals surface area contributed by atoms with Gasteiger partial charge >= 0.3 is 5.69 Å². The molecule has 1 amide bonds. The quantitative estimate of drug-likeness (QED) is 0.480. The monoisotopic (exact) mass is 367 g/mol. The predicted molar refractivity (Wildman–Crippen MR) is 90.8 cm³/mol. The molecular formula is C15H11Cl2N3O4. The van der Waals surface area contributed by atoms with E-state index in [0.717, 1.165) is 0 Å². The van der Waals surface area contributed by atoms with Crippen LogP contribution in [0.2, 0.25) is 10.0 Å². The normalized spacial score (nSPS) is 10.6. The number of amides is 1. The van der Waals surface area contributed by atoms with E-state index in [0.29, 0.717) is 15.6 Å². The number of halogens is 2. The molecule has 0 fully saturated rings. The van der Waals surface area contributed by atoms with E-state index in [-0.39, 0.29) is 11.4 Å². The van der Waals surface area contributed by atoms with Crippen LogP contribution in [0.5, 0.6) is 5.75 Å². The van der Waals surface area contributed by atoms with Crippen LogP contribution in [-0.4, -0.2) is 23.7 Å². The van der Waals surface area contributed by atoms with Gasteiger partial charge in [-0.25, -0.2) is 5.43 Å². The Labute approximate surface area is 147 Å². The highest BCUT2D eigenvalue weighted by Crippen LogP contribution is 2.25. The Morgan fingerprint density at radius 1 is 1.25 bits per heavy atom. The van der Waals surface area contributed by atoms with Gasteiger partial charge in [-0.05, 0) is 12.1 Å². The Bertz CT molecular complexity index is 796. The summed E-state index contributed by atoms with van der Waals surface area (Å²) in [5, 5.41) is 15.2. The first kappa shape index (κ1) is 17.7. The van der Waals surface area contributed by atoms with Crippen LogP contribution in [0.1, 0.15) is 5.56 Å². The Kier molecular flexibility index (Phi) is 6.11. The van der Waals surface area contributed by atoms with Crippen molar-refractivity contribution in [2.45, 2.75) is 0 Å². The van der Waals surface area contributed by atoms with Gasteiger partial charge in [0.2, 0.25) is 0 Å². The maximum absolute atomic E-state index is 11.7. The molecule has 2 rings (SSSR count). The average Bonchev–Trinajstić information content (AvgIpc) is 2.57. The molecule has 0 atom stereocenters. The minimum Gasteiger partial charge on any atom is -0.477 e. The minimum absolute atomic E-state index is 0.000449. The highest BCUT2D eigenvalue weighted by Gasteiger charge is 2.14. The molecule has 0 aliphatic carbocycles. The zero-order chi connectivity index (χ0) is 17.5. The van der Waals surface area contributed by atoms with Gasteiger partial charge < -0.3 is 4.74 Å². The van der Waals surface area contributed by atoms with Gasteiger partial charge in [-0.3, -0.25) is 14.9 Å². The lowest BCUT2D eigenvalue weighted by Crippen LogP contribution is -2.24. The van der Waals surface area contributed by atoms with Crippen LogP contribution in [0.25, 0.3) is 0 Å². The van der Waals surface area contributed by atoms with E-state index in [9.17, 15) is 14.9 Å². The van der Waals surface area contributed by atoms with E-state index in [2.05, 4.69) is 10.5 Å². The van der Waals surface area contributed by atoms with Crippen molar-refractivity contribution in [3.05, 3.63) is 68.2 Å². The molecule has 1 N–H and O–H groups in total. The average molecular weight is 368 g/mol. The van der Waals surface area contributed by atoms with Crippen LogP contribution < -0.4 is 10.2 Å². The largest absolute Gasteiger partial charge is 0.477 e. The second-order valence-corrected chi connectivity index (χ2v) is 5.23. The first-order valence-electron chi connectivity index (χ1n) is 6.61. The second-order valence-electron chi connectivity index (χ2n) is 4.45. The number of nitrogens with zero attached hydrogens (tertiary/aromatic N) is 2. The van der Waals surface area contributed by atoms with E-state index in [1.165, 1.54) is 24.4 Å². The molecule has 9 heteroatoms. The molecule has 24 heavy (non-hydrogen) atoms. The zero-order valence-corrected chi connectivity index (χ0v) is 13.6. The van der Waals surface area contributed by atoms with E-state index < -0.39 is 17.4 Å². The summed E-state index contributed by atoms with van der Waals surface area (Å²) in [4.78, 5) is 21.9. The van der Waals surface area contributed by atoms with Crippen LogP contribution in [-0.2, 0) is 4.79 Å². The number of benzene rings is 2. The zero-order valence-electron chi connectivity index (χ0n) is 12.1. The number of carbonyl (C=O) groups excluding carboxylic acids is 1. The highest BCUT2D eigenvalue weighted by atomic mass is 35.5. The number of nitro benzene ring substituents is 1. The molecule has 0 aliphatic heterocycles. The van der Waals surface area contributed by atoms with E-state index in [1.54, 1.807) is 24.3 Å². The molecule has 0 aliphatic rings. The number of ether oxygens (including phenoxy) is 1. The molecule has 2 aromatic carbocycles. The molecule has 0 heterocycles. The van der Waals surface area contributed by atoms with Gasteiger partial charge in [0.25, 0.3) is 5.91 Å². The summed E-state index contributed by atoms with van der Waals surface area (Å²) in [5.74, 6) is -0.581. The van der Waals surface area contributed by atoms with Gasteiger partial charge in [0.15, 0.2) is 12.4 Å². The van der Waals surface area contributed by atoms with Gasteiger partial charge in [0.1, 0.15) is 0 Å². The lowest BCUT2D eigenvalue weighted by molar-refractivity contribution is -0.385. The molecule has 0 radical (unpaired) electrons. The summed E-state index contributed by atoms with van der Waals surface area (Å²) >= 11 is 11.8.